The van der Waals surface area contributed by atoms with Crippen LogP contribution in [0.4, 0.5) is 0 Å². The first-order chi connectivity index (χ1) is 8.54. The lowest BCUT2D eigenvalue weighted by atomic mass is 10.1. The molecule has 1 aromatic heterocycles. The van der Waals surface area contributed by atoms with E-state index in [1.807, 2.05) is 6.92 Å². The highest BCUT2D eigenvalue weighted by molar-refractivity contribution is 7.09. The van der Waals surface area contributed by atoms with Crippen LogP contribution in [0.3, 0.4) is 0 Å². The lowest BCUT2D eigenvalue weighted by molar-refractivity contribution is 0.571. The van der Waals surface area contributed by atoms with Crippen LogP contribution in [0.15, 0.2) is 23.6 Å². The number of nitrogens with zero attached hydrogens (tertiary/aromatic N) is 1. The van der Waals surface area contributed by atoms with Crippen molar-refractivity contribution in [3.8, 4) is 0 Å². The summed E-state index contributed by atoms with van der Waals surface area (Å²) < 4.78 is 0. The molecule has 96 valence electrons. The Bertz CT molecular complexity index is 511. The van der Waals surface area contributed by atoms with Crippen molar-refractivity contribution in [2.75, 3.05) is 0 Å². The van der Waals surface area contributed by atoms with Gasteiger partial charge in [-0.05, 0) is 33.3 Å². The molecule has 0 bridgehead atoms. The van der Waals surface area contributed by atoms with E-state index in [4.69, 9.17) is 0 Å². The maximum atomic E-state index is 4.51. The van der Waals surface area contributed by atoms with Crippen LogP contribution < -0.4 is 5.32 Å². The summed E-state index contributed by atoms with van der Waals surface area (Å²) in [6.07, 6.45) is 0. The first kappa shape index (κ1) is 13.2. The highest BCUT2D eigenvalue weighted by Gasteiger charge is 2.08. The molecule has 3 heteroatoms. The van der Waals surface area contributed by atoms with Crippen LogP contribution in [0, 0.1) is 20.8 Å². The Hall–Kier alpha value is -1.19. The van der Waals surface area contributed by atoms with Crippen molar-refractivity contribution >= 4 is 11.3 Å². The molecule has 0 radical (unpaired) electrons. The number of aryl methyl sites for hydroxylation is 3. The molecule has 0 spiro atoms. The maximum Gasteiger partial charge on any atom is 0.110 e. The minimum Gasteiger partial charge on any atom is -0.304 e. The Morgan fingerprint density at radius 1 is 1.17 bits per heavy atom. The van der Waals surface area contributed by atoms with E-state index in [-0.39, 0.29) is 0 Å². The second-order valence-corrected chi connectivity index (χ2v) is 5.82. The average Bonchev–Trinajstić information content (AvgIpc) is 2.71. The van der Waals surface area contributed by atoms with Gasteiger partial charge in [0, 0.05) is 17.6 Å². The van der Waals surface area contributed by atoms with E-state index in [1.54, 1.807) is 11.3 Å². The first-order valence-electron chi connectivity index (χ1n) is 6.27. The number of hydrogen-bond donors (Lipinski definition) is 1. The van der Waals surface area contributed by atoms with Crippen LogP contribution in [0.5, 0.6) is 0 Å². The van der Waals surface area contributed by atoms with Crippen LogP contribution in [-0.4, -0.2) is 4.98 Å². The Kier molecular flexibility index (Phi) is 4.15. The van der Waals surface area contributed by atoms with E-state index >= 15 is 0 Å². The molecule has 0 aliphatic carbocycles. The summed E-state index contributed by atoms with van der Waals surface area (Å²) in [6, 6.07) is 6.99. The third-order valence-electron chi connectivity index (χ3n) is 2.90. The average molecular weight is 260 g/mol. The van der Waals surface area contributed by atoms with Gasteiger partial charge in [-0.1, -0.05) is 29.3 Å². The Morgan fingerprint density at radius 2 is 1.83 bits per heavy atom. The molecule has 2 nitrogen and oxygen atoms in total. The lowest BCUT2D eigenvalue weighted by Gasteiger charge is -2.12. The van der Waals surface area contributed by atoms with Crippen molar-refractivity contribution in [3.63, 3.8) is 0 Å². The van der Waals surface area contributed by atoms with E-state index < -0.39 is 0 Å². The third-order valence-corrected chi connectivity index (χ3v) is 4.05. The van der Waals surface area contributed by atoms with Gasteiger partial charge in [-0.3, -0.25) is 0 Å². The lowest BCUT2D eigenvalue weighted by Crippen LogP contribution is -2.18. The molecule has 0 amide bonds. The summed E-state index contributed by atoms with van der Waals surface area (Å²) in [4.78, 5) is 4.51. The molecule has 1 unspecified atom stereocenters. The number of thiazole rings is 1. The molecule has 18 heavy (non-hydrogen) atoms. The second kappa shape index (κ2) is 5.63. The number of aromatic nitrogens is 1. The minimum atomic E-state index is 0.310. The van der Waals surface area contributed by atoms with Gasteiger partial charge in [0.2, 0.25) is 0 Å². The van der Waals surface area contributed by atoms with Crippen molar-refractivity contribution < 1.29 is 0 Å². The summed E-state index contributed by atoms with van der Waals surface area (Å²) in [5.74, 6) is 0. The fraction of sp³-hybridized carbons (Fsp3) is 0.400. The molecule has 0 aliphatic rings. The predicted octanol–water partition coefficient (Wildman–Crippen LogP) is 3.92. The van der Waals surface area contributed by atoms with Crippen LogP contribution in [0.25, 0.3) is 0 Å². The van der Waals surface area contributed by atoms with Crippen LogP contribution in [-0.2, 0) is 6.54 Å². The summed E-state index contributed by atoms with van der Waals surface area (Å²) in [7, 11) is 0. The molecule has 0 saturated carbocycles. The van der Waals surface area contributed by atoms with Crippen molar-refractivity contribution in [1.29, 1.82) is 0 Å². The molecule has 1 aromatic carbocycles. The Balaban J connectivity index is 1.99. The van der Waals surface area contributed by atoms with Crippen LogP contribution >= 0.6 is 11.3 Å². The van der Waals surface area contributed by atoms with Crippen molar-refractivity contribution in [2.45, 2.75) is 40.3 Å². The quantitative estimate of drug-likeness (QED) is 0.901. The highest BCUT2D eigenvalue weighted by Crippen LogP contribution is 2.18. The van der Waals surface area contributed by atoms with Crippen LogP contribution in [0.1, 0.15) is 40.4 Å². The van der Waals surface area contributed by atoms with Gasteiger partial charge in [0.1, 0.15) is 5.01 Å². The van der Waals surface area contributed by atoms with Crippen LogP contribution in [0.2, 0.25) is 0 Å². The largest absolute Gasteiger partial charge is 0.304 e. The normalized spacial score (nSPS) is 12.7. The molecular formula is C15H20N2S. The zero-order valence-electron chi connectivity index (χ0n) is 11.4. The monoisotopic (exact) mass is 260 g/mol. The Labute approximate surface area is 113 Å². The van der Waals surface area contributed by atoms with E-state index in [9.17, 15) is 0 Å². The topological polar surface area (TPSA) is 24.9 Å². The smallest absolute Gasteiger partial charge is 0.110 e. The van der Waals surface area contributed by atoms with Gasteiger partial charge >= 0.3 is 0 Å². The third kappa shape index (κ3) is 3.40. The van der Waals surface area contributed by atoms with Crippen molar-refractivity contribution in [3.05, 3.63) is 51.0 Å². The molecular weight excluding hydrogens is 240 g/mol. The standard InChI is InChI=1S/C15H20N2S/c1-10-5-11(2)7-14(6-10)8-16-13(4)15-17-12(3)9-18-15/h5-7,9,13,16H,8H2,1-4H3. The molecule has 1 N–H and O–H groups in total. The van der Waals surface area contributed by atoms with E-state index in [2.05, 4.69) is 54.7 Å². The molecule has 1 atom stereocenters. The van der Waals surface area contributed by atoms with Crippen molar-refractivity contribution in [2.24, 2.45) is 0 Å². The minimum absolute atomic E-state index is 0.310. The van der Waals surface area contributed by atoms with Gasteiger partial charge in [-0.25, -0.2) is 4.98 Å². The number of hydrogen-bond acceptors (Lipinski definition) is 3. The van der Waals surface area contributed by atoms with Gasteiger partial charge in [-0.2, -0.15) is 0 Å². The maximum absolute atomic E-state index is 4.51. The van der Waals surface area contributed by atoms with Gasteiger partial charge in [0.15, 0.2) is 0 Å². The van der Waals surface area contributed by atoms with E-state index in [0.29, 0.717) is 6.04 Å². The summed E-state index contributed by atoms with van der Waals surface area (Å²) in [5, 5.41) is 6.80. The molecule has 2 rings (SSSR count). The fourth-order valence-electron chi connectivity index (χ4n) is 2.10. The first-order valence-corrected chi connectivity index (χ1v) is 7.15. The van der Waals surface area contributed by atoms with E-state index in [1.165, 1.54) is 16.7 Å². The van der Waals surface area contributed by atoms with Gasteiger partial charge in [-0.15, -0.1) is 11.3 Å². The highest BCUT2D eigenvalue weighted by atomic mass is 32.1. The predicted molar refractivity (Wildman–Crippen MR) is 78.0 cm³/mol. The summed E-state index contributed by atoms with van der Waals surface area (Å²) in [5.41, 5.74) is 5.09. The second-order valence-electron chi connectivity index (χ2n) is 4.93. The van der Waals surface area contributed by atoms with Gasteiger partial charge in [0.05, 0.1) is 6.04 Å². The molecule has 2 aromatic rings. The zero-order valence-corrected chi connectivity index (χ0v) is 12.3. The SMILES string of the molecule is Cc1cc(C)cc(CNC(C)c2nc(C)cs2)c1. The van der Waals surface area contributed by atoms with Gasteiger partial charge < -0.3 is 5.32 Å². The van der Waals surface area contributed by atoms with Gasteiger partial charge in [0.25, 0.3) is 0 Å². The fourth-order valence-corrected chi connectivity index (χ4v) is 2.93. The zero-order chi connectivity index (χ0) is 13.1. The summed E-state index contributed by atoms with van der Waals surface area (Å²) >= 11 is 1.73. The Morgan fingerprint density at radius 3 is 2.39 bits per heavy atom. The molecule has 0 fully saturated rings. The number of nitrogens with one attached hydrogen (secondary N) is 1. The molecule has 0 saturated heterocycles. The molecule has 1 heterocycles. The number of benzene rings is 1. The molecule has 0 aliphatic heterocycles. The van der Waals surface area contributed by atoms with Crippen molar-refractivity contribution in [1.82, 2.24) is 10.3 Å². The van der Waals surface area contributed by atoms with E-state index in [0.717, 1.165) is 17.2 Å². The number of rotatable bonds is 4. The summed E-state index contributed by atoms with van der Waals surface area (Å²) in [6.45, 7) is 9.38.